The van der Waals surface area contributed by atoms with E-state index in [0.717, 1.165) is 4.90 Å². The molecule has 0 spiro atoms. The lowest BCUT2D eigenvalue weighted by atomic mass is 9.91. The molecule has 0 amide bonds. The fourth-order valence-corrected chi connectivity index (χ4v) is 3.52. The van der Waals surface area contributed by atoms with Crippen molar-refractivity contribution in [2.45, 2.75) is 4.90 Å². The zero-order chi connectivity index (χ0) is 15.6. The quantitative estimate of drug-likeness (QED) is 0.403. The van der Waals surface area contributed by atoms with Crippen LogP contribution in [-0.4, -0.2) is 0 Å². The first-order valence-corrected chi connectivity index (χ1v) is 8.15. The van der Waals surface area contributed by atoms with Crippen molar-refractivity contribution < 1.29 is 0 Å². The van der Waals surface area contributed by atoms with E-state index in [4.69, 9.17) is 12.6 Å². The largest absolute Gasteiger partial charge is 0.142 e. The molecule has 0 aliphatic rings. The molecule has 4 aromatic rings. The Hall–Kier alpha value is -2.51. The second-order valence-corrected chi connectivity index (χ2v) is 6.05. The van der Waals surface area contributed by atoms with Crippen LogP contribution in [-0.2, 0) is 0 Å². The van der Waals surface area contributed by atoms with Crippen molar-refractivity contribution in [3.63, 3.8) is 0 Å². The lowest BCUT2D eigenvalue weighted by Gasteiger charge is -2.16. The number of rotatable bonds is 2. The Bertz CT molecular complexity index is 957. The Kier molecular flexibility index (Phi) is 3.64. The lowest BCUT2D eigenvalue weighted by Crippen LogP contribution is -1.89. The molecule has 0 unspecified atom stereocenters. The smallest absolute Gasteiger partial charge is 0.0204 e. The number of hydrogen-bond donors (Lipinski definition) is 1. The van der Waals surface area contributed by atoms with Gasteiger partial charge in [-0.1, -0.05) is 84.9 Å². The van der Waals surface area contributed by atoms with Gasteiger partial charge in [-0.15, -0.1) is 12.6 Å². The molecule has 1 heteroatoms. The first-order chi connectivity index (χ1) is 11.3. The molecule has 4 rings (SSSR count). The molecule has 0 aliphatic carbocycles. The summed E-state index contributed by atoms with van der Waals surface area (Å²) in [6, 6.07) is 31.7. The van der Waals surface area contributed by atoms with Crippen molar-refractivity contribution in [1.29, 1.82) is 0 Å². The topological polar surface area (TPSA) is 0 Å². The van der Waals surface area contributed by atoms with Crippen molar-refractivity contribution in [1.82, 2.24) is 0 Å². The van der Waals surface area contributed by atoms with E-state index in [1.807, 2.05) is 12.1 Å². The zero-order valence-corrected chi connectivity index (χ0v) is 13.5. The van der Waals surface area contributed by atoms with E-state index >= 15 is 0 Å². The SMILES string of the molecule is Sc1c(-c2ccccc2)c(-c2ccccc2)cc2ccccc12. The summed E-state index contributed by atoms with van der Waals surface area (Å²) >= 11 is 4.90. The van der Waals surface area contributed by atoms with Crippen LogP contribution in [0.3, 0.4) is 0 Å². The van der Waals surface area contributed by atoms with E-state index in [2.05, 4.69) is 78.9 Å². The molecule has 0 nitrogen and oxygen atoms in total. The van der Waals surface area contributed by atoms with E-state index in [0.29, 0.717) is 0 Å². The first kappa shape index (κ1) is 14.1. The minimum atomic E-state index is 1.04. The molecule has 0 saturated carbocycles. The molecule has 0 N–H and O–H groups in total. The molecule has 110 valence electrons. The average Bonchev–Trinajstić information content (AvgIpc) is 2.63. The van der Waals surface area contributed by atoms with Crippen LogP contribution in [0.2, 0.25) is 0 Å². The van der Waals surface area contributed by atoms with Crippen LogP contribution < -0.4 is 0 Å². The molecule has 0 atom stereocenters. The summed E-state index contributed by atoms with van der Waals surface area (Å²) in [5.41, 5.74) is 4.83. The van der Waals surface area contributed by atoms with Gasteiger partial charge in [0.2, 0.25) is 0 Å². The van der Waals surface area contributed by atoms with Gasteiger partial charge >= 0.3 is 0 Å². The number of benzene rings is 4. The average molecular weight is 312 g/mol. The molecule has 0 aliphatic heterocycles. The van der Waals surface area contributed by atoms with Crippen LogP contribution in [0.1, 0.15) is 0 Å². The summed E-state index contributed by atoms with van der Waals surface area (Å²) < 4.78 is 0. The third-order valence-corrected chi connectivity index (χ3v) is 4.63. The maximum Gasteiger partial charge on any atom is 0.0204 e. The van der Waals surface area contributed by atoms with Crippen LogP contribution >= 0.6 is 12.6 Å². The fourth-order valence-electron chi connectivity index (χ4n) is 3.07. The van der Waals surface area contributed by atoms with Gasteiger partial charge in [0.25, 0.3) is 0 Å². The highest BCUT2D eigenvalue weighted by atomic mass is 32.1. The minimum absolute atomic E-state index is 1.04. The van der Waals surface area contributed by atoms with Gasteiger partial charge in [-0.2, -0.15) is 0 Å². The summed E-state index contributed by atoms with van der Waals surface area (Å²) in [6.45, 7) is 0. The van der Waals surface area contributed by atoms with E-state index in [1.54, 1.807) is 0 Å². The van der Waals surface area contributed by atoms with Crippen LogP contribution in [0.5, 0.6) is 0 Å². The lowest BCUT2D eigenvalue weighted by molar-refractivity contribution is 1.50. The number of hydrogen-bond acceptors (Lipinski definition) is 1. The molecule has 0 aromatic heterocycles. The Morgan fingerprint density at radius 2 is 1.13 bits per heavy atom. The molecule has 0 fully saturated rings. The zero-order valence-electron chi connectivity index (χ0n) is 12.6. The molecular weight excluding hydrogens is 296 g/mol. The van der Waals surface area contributed by atoms with Crippen LogP contribution in [0.4, 0.5) is 0 Å². The van der Waals surface area contributed by atoms with Gasteiger partial charge in [0.1, 0.15) is 0 Å². The fraction of sp³-hybridized carbons (Fsp3) is 0. The number of fused-ring (bicyclic) bond motifs is 1. The molecule has 23 heavy (non-hydrogen) atoms. The Labute approximate surface area is 141 Å². The van der Waals surface area contributed by atoms with E-state index in [-0.39, 0.29) is 0 Å². The first-order valence-electron chi connectivity index (χ1n) is 7.70. The maximum absolute atomic E-state index is 4.90. The summed E-state index contributed by atoms with van der Waals surface area (Å²) in [6.07, 6.45) is 0. The monoisotopic (exact) mass is 312 g/mol. The van der Waals surface area contributed by atoms with Crippen molar-refractivity contribution in [3.05, 3.63) is 91.0 Å². The third kappa shape index (κ3) is 2.54. The van der Waals surface area contributed by atoms with Gasteiger partial charge < -0.3 is 0 Å². The highest BCUT2D eigenvalue weighted by Gasteiger charge is 2.14. The van der Waals surface area contributed by atoms with Gasteiger partial charge in [0, 0.05) is 10.5 Å². The Balaban J connectivity index is 2.11. The summed E-state index contributed by atoms with van der Waals surface area (Å²) in [4.78, 5) is 1.04. The van der Waals surface area contributed by atoms with E-state index in [1.165, 1.54) is 33.0 Å². The van der Waals surface area contributed by atoms with Gasteiger partial charge in [-0.05, 0) is 33.5 Å². The standard InChI is InChI=1S/C22H16S/c23-22-19-14-8-7-13-18(19)15-20(16-9-3-1-4-10-16)21(22)17-11-5-2-6-12-17/h1-15,23H. The van der Waals surface area contributed by atoms with E-state index < -0.39 is 0 Å². The van der Waals surface area contributed by atoms with Gasteiger partial charge in [0.05, 0.1) is 0 Å². The third-order valence-electron chi connectivity index (χ3n) is 4.17. The molecule has 0 radical (unpaired) electrons. The molecular formula is C22H16S. The van der Waals surface area contributed by atoms with Crippen molar-refractivity contribution in [2.75, 3.05) is 0 Å². The predicted molar refractivity (Wildman–Crippen MR) is 102 cm³/mol. The molecule has 0 heterocycles. The second kappa shape index (κ2) is 5.94. The highest BCUT2D eigenvalue weighted by molar-refractivity contribution is 7.80. The van der Waals surface area contributed by atoms with Gasteiger partial charge in [-0.25, -0.2) is 0 Å². The molecule has 4 aromatic carbocycles. The van der Waals surface area contributed by atoms with Crippen LogP contribution in [0.15, 0.2) is 95.9 Å². The summed E-state index contributed by atoms with van der Waals surface area (Å²) in [7, 11) is 0. The highest BCUT2D eigenvalue weighted by Crippen LogP contribution is 2.41. The van der Waals surface area contributed by atoms with Crippen molar-refractivity contribution in [2.24, 2.45) is 0 Å². The Morgan fingerprint density at radius 1 is 0.565 bits per heavy atom. The van der Waals surface area contributed by atoms with Crippen LogP contribution in [0.25, 0.3) is 33.0 Å². The predicted octanol–water partition coefficient (Wildman–Crippen LogP) is 6.46. The summed E-state index contributed by atoms with van der Waals surface area (Å²) in [5, 5.41) is 2.41. The second-order valence-electron chi connectivity index (χ2n) is 5.60. The Morgan fingerprint density at radius 3 is 1.83 bits per heavy atom. The van der Waals surface area contributed by atoms with Crippen molar-refractivity contribution >= 4 is 23.4 Å². The summed E-state index contributed by atoms with van der Waals surface area (Å²) in [5.74, 6) is 0. The van der Waals surface area contributed by atoms with Crippen LogP contribution in [0, 0.1) is 0 Å². The minimum Gasteiger partial charge on any atom is -0.142 e. The van der Waals surface area contributed by atoms with E-state index in [9.17, 15) is 0 Å². The normalized spacial score (nSPS) is 10.8. The molecule has 0 saturated heterocycles. The maximum atomic E-state index is 4.90. The van der Waals surface area contributed by atoms with Crippen molar-refractivity contribution in [3.8, 4) is 22.3 Å². The molecule has 0 bridgehead atoms. The van der Waals surface area contributed by atoms with Gasteiger partial charge in [-0.3, -0.25) is 0 Å². The van der Waals surface area contributed by atoms with Gasteiger partial charge in [0.15, 0.2) is 0 Å². The number of thiol groups is 1.